The second kappa shape index (κ2) is 10.7. The van der Waals surface area contributed by atoms with Gasteiger partial charge in [-0.3, -0.25) is 4.79 Å². The Hall–Kier alpha value is -4.33. The van der Waals surface area contributed by atoms with Gasteiger partial charge < -0.3 is 20.5 Å². The van der Waals surface area contributed by atoms with Crippen LogP contribution in [0.2, 0.25) is 10.0 Å². The van der Waals surface area contributed by atoms with Gasteiger partial charge in [0.15, 0.2) is 5.76 Å². The van der Waals surface area contributed by atoms with Crippen LogP contribution in [-0.2, 0) is 6.54 Å². The predicted molar refractivity (Wildman–Crippen MR) is 146 cm³/mol. The molecule has 0 aliphatic carbocycles. The van der Waals surface area contributed by atoms with Crippen molar-refractivity contribution in [3.05, 3.63) is 112 Å². The van der Waals surface area contributed by atoms with Crippen molar-refractivity contribution in [1.29, 1.82) is 0 Å². The van der Waals surface area contributed by atoms with Gasteiger partial charge in [-0.2, -0.15) is 0 Å². The maximum atomic E-state index is 12.7. The molecule has 0 aliphatic heterocycles. The molecule has 4 aromatic carbocycles. The molecule has 0 saturated heterocycles. The SMILES string of the molecule is O=C(Nc1cccc(C(=O)NCc2cc(-c3ccc4ccccc4c3)on2)c1)Nc1ccc(Cl)c(Cl)c1. The summed E-state index contributed by atoms with van der Waals surface area (Å²) in [5.74, 6) is 0.304. The van der Waals surface area contributed by atoms with Crippen molar-refractivity contribution in [3.63, 3.8) is 0 Å². The Balaban J connectivity index is 1.19. The number of nitrogens with zero attached hydrogens (tertiary/aromatic N) is 1. The number of rotatable bonds is 6. The normalized spacial score (nSPS) is 10.8. The first-order chi connectivity index (χ1) is 17.9. The standard InChI is InChI=1S/C28H20Cl2N4O3/c29-24-11-10-22(14-25(24)30)33-28(36)32-21-7-3-6-20(13-21)27(35)31-16-23-15-26(37-34-23)19-9-8-17-4-1-2-5-18(17)12-19/h1-15H,16H2,(H,31,35)(H2,32,33,36). The number of urea groups is 1. The first kappa shape index (κ1) is 24.4. The fourth-order valence-electron chi connectivity index (χ4n) is 3.75. The minimum absolute atomic E-state index is 0.186. The molecule has 1 aromatic heterocycles. The highest BCUT2D eigenvalue weighted by molar-refractivity contribution is 6.42. The lowest BCUT2D eigenvalue weighted by Gasteiger charge is -2.10. The lowest BCUT2D eigenvalue weighted by Crippen LogP contribution is -2.23. The summed E-state index contributed by atoms with van der Waals surface area (Å²) < 4.78 is 5.49. The molecule has 0 radical (unpaired) electrons. The summed E-state index contributed by atoms with van der Waals surface area (Å²) >= 11 is 11.9. The molecule has 184 valence electrons. The number of halogens is 2. The highest BCUT2D eigenvalue weighted by atomic mass is 35.5. The highest BCUT2D eigenvalue weighted by Crippen LogP contribution is 2.26. The number of anilines is 2. The largest absolute Gasteiger partial charge is 0.356 e. The van der Waals surface area contributed by atoms with Crippen LogP contribution in [0, 0.1) is 0 Å². The zero-order valence-corrected chi connectivity index (χ0v) is 20.8. The monoisotopic (exact) mass is 530 g/mol. The summed E-state index contributed by atoms with van der Waals surface area (Å²) in [7, 11) is 0. The van der Waals surface area contributed by atoms with Crippen molar-refractivity contribution in [2.45, 2.75) is 6.54 Å². The van der Waals surface area contributed by atoms with Crippen molar-refractivity contribution >= 4 is 57.3 Å². The fourth-order valence-corrected chi connectivity index (χ4v) is 4.05. The van der Waals surface area contributed by atoms with E-state index < -0.39 is 6.03 Å². The zero-order valence-electron chi connectivity index (χ0n) is 19.3. The summed E-state index contributed by atoms with van der Waals surface area (Å²) in [4.78, 5) is 25.1. The van der Waals surface area contributed by atoms with Gasteiger partial charge in [-0.1, -0.05) is 70.8 Å². The molecule has 0 atom stereocenters. The average Bonchev–Trinajstić information content (AvgIpc) is 3.38. The third kappa shape index (κ3) is 5.91. The van der Waals surface area contributed by atoms with Crippen molar-refractivity contribution in [3.8, 4) is 11.3 Å². The van der Waals surface area contributed by atoms with Crippen LogP contribution in [0.25, 0.3) is 22.1 Å². The smallest absolute Gasteiger partial charge is 0.323 e. The summed E-state index contributed by atoms with van der Waals surface area (Å²) in [5, 5.41) is 15.2. The molecule has 0 aliphatic rings. The molecule has 9 heteroatoms. The van der Waals surface area contributed by atoms with E-state index in [9.17, 15) is 9.59 Å². The van der Waals surface area contributed by atoms with Crippen LogP contribution in [0.5, 0.6) is 0 Å². The number of carbonyl (C=O) groups is 2. The molecular weight excluding hydrogens is 511 g/mol. The predicted octanol–water partition coefficient (Wildman–Crippen LogP) is 7.38. The van der Waals surface area contributed by atoms with Gasteiger partial charge in [0.25, 0.3) is 5.91 Å². The van der Waals surface area contributed by atoms with E-state index in [4.69, 9.17) is 27.7 Å². The number of hydrogen-bond donors (Lipinski definition) is 3. The van der Waals surface area contributed by atoms with Crippen molar-refractivity contribution in [2.24, 2.45) is 0 Å². The molecule has 3 N–H and O–H groups in total. The Morgan fingerprint density at radius 1 is 0.757 bits per heavy atom. The van der Waals surface area contributed by atoms with Gasteiger partial charge in [-0.25, -0.2) is 4.79 Å². The van der Waals surface area contributed by atoms with Crippen molar-refractivity contribution in [2.75, 3.05) is 10.6 Å². The molecule has 37 heavy (non-hydrogen) atoms. The summed E-state index contributed by atoms with van der Waals surface area (Å²) in [6.45, 7) is 0.186. The maximum Gasteiger partial charge on any atom is 0.323 e. The maximum absolute atomic E-state index is 12.7. The number of hydrogen-bond acceptors (Lipinski definition) is 4. The minimum Gasteiger partial charge on any atom is -0.356 e. The van der Waals surface area contributed by atoms with Gasteiger partial charge in [0.2, 0.25) is 0 Å². The molecular formula is C28H20Cl2N4O3. The molecule has 3 amide bonds. The molecule has 1 heterocycles. The van der Waals surface area contributed by atoms with Gasteiger partial charge in [0.05, 0.1) is 16.6 Å². The minimum atomic E-state index is -0.486. The van der Waals surface area contributed by atoms with Crippen LogP contribution in [0.4, 0.5) is 16.2 Å². The van der Waals surface area contributed by atoms with Crippen LogP contribution in [0.15, 0.2) is 95.5 Å². The Bertz CT molecular complexity index is 1620. The summed E-state index contributed by atoms with van der Waals surface area (Å²) in [5.41, 5.74) is 2.81. The van der Waals surface area contributed by atoms with Crippen LogP contribution in [-0.4, -0.2) is 17.1 Å². The molecule has 0 spiro atoms. The number of aromatic nitrogens is 1. The van der Waals surface area contributed by atoms with Crippen LogP contribution in [0.3, 0.4) is 0 Å². The summed E-state index contributed by atoms with van der Waals surface area (Å²) in [6, 6.07) is 26.8. The van der Waals surface area contributed by atoms with Gasteiger partial charge >= 0.3 is 6.03 Å². The number of carbonyl (C=O) groups excluding carboxylic acids is 2. The molecule has 0 saturated carbocycles. The van der Waals surface area contributed by atoms with E-state index in [2.05, 4.69) is 21.1 Å². The fraction of sp³-hybridized carbons (Fsp3) is 0.0357. The molecule has 5 rings (SSSR count). The first-order valence-corrected chi connectivity index (χ1v) is 12.1. The lowest BCUT2D eigenvalue weighted by molar-refractivity contribution is 0.0950. The van der Waals surface area contributed by atoms with Crippen LogP contribution >= 0.6 is 23.2 Å². The molecule has 7 nitrogen and oxygen atoms in total. The van der Waals surface area contributed by atoms with E-state index in [0.29, 0.717) is 38.4 Å². The topological polar surface area (TPSA) is 96.3 Å². The van der Waals surface area contributed by atoms with Crippen LogP contribution < -0.4 is 16.0 Å². The van der Waals surface area contributed by atoms with Crippen molar-refractivity contribution in [1.82, 2.24) is 10.5 Å². The Morgan fingerprint density at radius 2 is 1.54 bits per heavy atom. The highest BCUT2D eigenvalue weighted by Gasteiger charge is 2.12. The lowest BCUT2D eigenvalue weighted by atomic mass is 10.1. The Kier molecular flexibility index (Phi) is 7.07. The third-order valence-corrected chi connectivity index (χ3v) is 6.32. The number of amides is 3. The summed E-state index contributed by atoms with van der Waals surface area (Å²) in [6.07, 6.45) is 0. The number of nitrogens with one attached hydrogen (secondary N) is 3. The van der Waals surface area contributed by atoms with E-state index in [1.807, 2.05) is 42.5 Å². The number of benzene rings is 4. The van der Waals surface area contributed by atoms with Crippen molar-refractivity contribution < 1.29 is 14.1 Å². The van der Waals surface area contributed by atoms with Gasteiger partial charge in [0.1, 0.15) is 5.69 Å². The first-order valence-electron chi connectivity index (χ1n) is 11.3. The van der Waals surface area contributed by atoms with E-state index in [1.54, 1.807) is 48.5 Å². The second-order valence-corrected chi connectivity index (χ2v) is 9.03. The Morgan fingerprint density at radius 3 is 2.35 bits per heavy atom. The molecule has 0 fully saturated rings. The van der Waals surface area contributed by atoms with Crippen LogP contribution in [0.1, 0.15) is 16.1 Å². The van der Waals surface area contributed by atoms with E-state index >= 15 is 0 Å². The van der Waals surface area contributed by atoms with Gasteiger partial charge in [-0.05, 0) is 53.2 Å². The van der Waals surface area contributed by atoms with E-state index in [0.717, 1.165) is 16.3 Å². The quantitative estimate of drug-likeness (QED) is 0.213. The van der Waals surface area contributed by atoms with E-state index in [1.165, 1.54) is 0 Å². The van der Waals surface area contributed by atoms with Gasteiger partial charge in [-0.15, -0.1) is 0 Å². The van der Waals surface area contributed by atoms with Gasteiger partial charge in [0, 0.05) is 28.6 Å². The zero-order chi connectivity index (χ0) is 25.8. The third-order valence-electron chi connectivity index (χ3n) is 5.58. The Labute approximate surface area is 222 Å². The number of fused-ring (bicyclic) bond motifs is 1. The molecule has 0 unspecified atom stereocenters. The average molecular weight is 531 g/mol. The molecule has 0 bridgehead atoms. The second-order valence-electron chi connectivity index (χ2n) is 8.22. The molecule has 5 aromatic rings. The van der Waals surface area contributed by atoms with E-state index in [-0.39, 0.29) is 12.5 Å².